The van der Waals surface area contributed by atoms with E-state index in [1.165, 1.54) is 11.3 Å². The van der Waals surface area contributed by atoms with Crippen molar-refractivity contribution in [2.24, 2.45) is 0 Å². The third-order valence-electron chi connectivity index (χ3n) is 5.51. The molecule has 2 aromatic carbocycles. The van der Waals surface area contributed by atoms with Crippen LogP contribution in [0, 0.1) is 6.92 Å². The zero-order valence-electron chi connectivity index (χ0n) is 17.7. The third kappa shape index (κ3) is 5.17. The summed E-state index contributed by atoms with van der Waals surface area (Å²) < 4.78 is 0. The van der Waals surface area contributed by atoms with Crippen LogP contribution in [0.25, 0.3) is 0 Å². The van der Waals surface area contributed by atoms with Crippen molar-refractivity contribution >= 4 is 17.5 Å². The molecule has 3 rings (SSSR count). The average Bonchev–Trinajstić information content (AvgIpc) is 2.76. The van der Waals surface area contributed by atoms with E-state index in [1.807, 2.05) is 11.9 Å². The first-order valence-electron chi connectivity index (χ1n) is 10.5. The summed E-state index contributed by atoms with van der Waals surface area (Å²) in [7, 11) is 1.82. The molecule has 5 heteroatoms. The van der Waals surface area contributed by atoms with E-state index in [0.29, 0.717) is 24.2 Å². The van der Waals surface area contributed by atoms with Gasteiger partial charge in [0.2, 0.25) is 0 Å². The van der Waals surface area contributed by atoms with Crippen molar-refractivity contribution < 1.29 is 9.59 Å². The molecule has 1 aliphatic rings. The monoisotopic (exact) mass is 393 g/mol. The first-order chi connectivity index (χ1) is 14.0. The highest BCUT2D eigenvalue weighted by Crippen LogP contribution is 2.19. The van der Waals surface area contributed by atoms with Gasteiger partial charge in [0, 0.05) is 56.6 Å². The molecule has 0 atom stereocenters. The summed E-state index contributed by atoms with van der Waals surface area (Å²) in [6, 6.07) is 15.6. The Morgan fingerprint density at radius 3 is 2.24 bits per heavy atom. The Morgan fingerprint density at radius 1 is 0.966 bits per heavy atom. The number of anilines is 1. The van der Waals surface area contributed by atoms with E-state index in [1.54, 1.807) is 29.2 Å². The zero-order valence-corrected chi connectivity index (χ0v) is 17.7. The first-order valence-corrected chi connectivity index (χ1v) is 10.5. The minimum absolute atomic E-state index is 0.00391. The number of unbranched alkanes of at least 4 members (excludes halogenated alkanes) is 1. The second-order valence-corrected chi connectivity index (χ2v) is 7.78. The summed E-state index contributed by atoms with van der Waals surface area (Å²) >= 11 is 0. The van der Waals surface area contributed by atoms with Crippen molar-refractivity contribution in [3.8, 4) is 0 Å². The fraction of sp³-hybridized carbons (Fsp3) is 0.417. The maximum atomic E-state index is 12.9. The number of hydrogen-bond acceptors (Lipinski definition) is 3. The number of benzene rings is 2. The van der Waals surface area contributed by atoms with Crippen LogP contribution in [0.1, 0.15) is 46.0 Å². The van der Waals surface area contributed by atoms with Crippen molar-refractivity contribution in [2.75, 3.05) is 44.7 Å². The second-order valence-electron chi connectivity index (χ2n) is 7.78. The molecule has 0 aromatic heterocycles. The number of amides is 2. The summed E-state index contributed by atoms with van der Waals surface area (Å²) in [6.45, 7) is 8.02. The Hall–Kier alpha value is -2.82. The minimum Gasteiger partial charge on any atom is -0.368 e. The molecule has 2 amide bonds. The predicted octanol–water partition coefficient (Wildman–Crippen LogP) is 3.83. The molecule has 5 nitrogen and oxygen atoms in total. The fourth-order valence-corrected chi connectivity index (χ4v) is 3.65. The zero-order chi connectivity index (χ0) is 20.8. The van der Waals surface area contributed by atoms with Crippen LogP contribution in [-0.4, -0.2) is 61.4 Å². The van der Waals surface area contributed by atoms with Gasteiger partial charge in [-0.2, -0.15) is 0 Å². The highest BCUT2D eigenvalue weighted by Gasteiger charge is 2.22. The first kappa shape index (κ1) is 20.9. The van der Waals surface area contributed by atoms with Crippen LogP contribution < -0.4 is 4.90 Å². The molecule has 0 N–H and O–H groups in total. The van der Waals surface area contributed by atoms with E-state index in [9.17, 15) is 9.59 Å². The van der Waals surface area contributed by atoms with E-state index >= 15 is 0 Å². The summed E-state index contributed by atoms with van der Waals surface area (Å²) in [5.74, 6) is 0.0384. The molecule has 0 bridgehead atoms. The third-order valence-corrected chi connectivity index (χ3v) is 5.51. The van der Waals surface area contributed by atoms with Gasteiger partial charge < -0.3 is 14.7 Å². The van der Waals surface area contributed by atoms with Gasteiger partial charge in [-0.05, 0) is 55.3 Å². The highest BCUT2D eigenvalue weighted by atomic mass is 16.2. The van der Waals surface area contributed by atoms with Gasteiger partial charge in [0.1, 0.15) is 0 Å². The molecule has 1 fully saturated rings. The SMILES string of the molecule is CCCCN(C)C(=O)c1ccc(C(=O)N2CCN(c3cccc(C)c3)CC2)cc1. The van der Waals surface area contributed by atoms with Gasteiger partial charge in [-0.1, -0.05) is 25.5 Å². The van der Waals surface area contributed by atoms with E-state index in [4.69, 9.17) is 0 Å². The number of nitrogens with zero attached hydrogens (tertiary/aromatic N) is 3. The van der Waals surface area contributed by atoms with Crippen molar-refractivity contribution in [3.63, 3.8) is 0 Å². The van der Waals surface area contributed by atoms with Crippen molar-refractivity contribution in [1.82, 2.24) is 9.80 Å². The van der Waals surface area contributed by atoms with Crippen LogP contribution in [0.5, 0.6) is 0 Å². The topological polar surface area (TPSA) is 43.9 Å². The van der Waals surface area contributed by atoms with Gasteiger partial charge >= 0.3 is 0 Å². The Bertz CT molecular complexity index is 839. The van der Waals surface area contributed by atoms with Gasteiger partial charge in [0.15, 0.2) is 0 Å². The van der Waals surface area contributed by atoms with Crippen molar-refractivity contribution in [3.05, 3.63) is 65.2 Å². The van der Waals surface area contributed by atoms with Crippen LogP contribution in [0.3, 0.4) is 0 Å². The molecule has 29 heavy (non-hydrogen) atoms. The van der Waals surface area contributed by atoms with Crippen molar-refractivity contribution in [2.45, 2.75) is 26.7 Å². The maximum absolute atomic E-state index is 12.9. The van der Waals surface area contributed by atoms with Gasteiger partial charge in [0.25, 0.3) is 11.8 Å². The highest BCUT2D eigenvalue weighted by molar-refractivity contribution is 5.97. The lowest BCUT2D eigenvalue weighted by Crippen LogP contribution is -2.48. The van der Waals surface area contributed by atoms with Gasteiger partial charge in [0.05, 0.1) is 0 Å². The molecular formula is C24H31N3O2. The molecular weight excluding hydrogens is 362 g/mol. The smallest absolute Gasteiger partial charge is 0.253 e. The number of piperazine rings is 1. The van der Waals surface area contributed by atoms with Crippen LogP contribution in [0.15, 0.2) is 48.5 Å². The standard InChI is InChI=1S/C24H31N3O2/c1-4-5-13-25(3)23(28)20-9-11-21(12-10-20)24(29)27-16-14-26(15-17-27)22-8-6-7-19(2)18-22/h6-12,18H,4-5,13-17H2,1-3H3. The molecule has 1 heterocycles. The van der Waals surface area contributed by atoms with E-state index in [2.05, 4.69) is 43.0 Å². The summed E-state index contributed by atoms with van der Waals surface area (Å²) in [5.41, 5.74) is 3.73. The molecule has 154 valence electrons. The Kier molecular flexibility index (Phi) is 6.91. The fourth-order valence-electron chi connectivity index (χ4n) is 3.65. The molecule has 1 saturated heterocycles. The van der Waals surface area contributed by atoms with Gasteiger partial charge in [-0.15, -0.1) is 0 Å². The molecule has 2 aromatic rings. The van der Waals surface area contributed by atoms with E-state index in [0.717, 1.165) is 32.5 Å². The van der Waals surface area contributed by atoms with Crippen LogP contribution in [0.2, 0.25) is 0 Å². The Morgan fingerprint density at radius 2 is 1.62 bits per heavy atom. The quantitative estimate of drug-likeness (QED) is 0.749. The molecule has 1 aliphatic heterocycles. The number of hydrogen-bond donors (Lipinski definition) is 0. The van der Waals surface area contributed by atoms with Gasteiger partial charge in [-0.3, -0.25) is 9.59 Å². The van der Waals surface area contributed by atoms with Crippen LogP contribution in [-0.2, 0) is 0 Å². The number of aryl methyl sites for hydroxylation is 1. The van der Waals surface area contributed by atoms with E-state index in [-0.39, 0.29) is 11.8 Å². The molecule has 0 unspecified atom stereocenters. The van der Waals surface area contributed by atoms with Crippen LogP contribution >= 0.6 is 0 Å². The number of carbonyl (C=O) groups is 2. The summed E-state index contributed by atoms with van der Waals surface area (Å²) in [6.07, 6.45) is 2.05. The minimum atomic E-state index is 0.00391. The Labute approximate surface area is 173 Å². The Balaban J connectivity index is 1.58. The molecule has 0 spiro atoms. The van der Waals surface area contributed by atoms with Gasteiger partial charge in [-0.25, -0.2) is 0 Å². The number of carbonyl (C=O) groups excluding carboxylic acids is 2. The normalized spacial score (nSPS) is 14.0. The molecule has 0 radical (unpaired) electrons. The molecule has 0 saturated carbocycles. The second kappa shape index (κ2) is 9.59. The van der Waals surface area contributed by atoms with E-state index < -0.39 is 0 Å². The average molecular weight is 394 g/mol. The maximum Gasteiger partial charge on any atom is 0.253 e. The lowest BCUT2D eigenvalue weighted by molar-refractivity contribution is 0.0744. The lowest BCUT2D eigenvalue weighted by atomic mass is 10.1. The van der Waals surface area contributed by atoms with Crippen LogP contribution in [0.4, 0.5) is 5.69 Å². The predicted molar refractivity (Wildman–Crippen MR) is 118 cm³/mol. The van der Waals surface area contributed by atoms with Crippen molar-refractivity contribution in [1.29, 1.82) is 0 Å². The largest absolute Gasteiger partial charge is 0.368 e. The molecule has 0 aliphatic carbocycles. The summed E-state index contributed by atoms with van der Waals surface area (Å²) in [5, 5.41) is 0. The summed E-state index contributed by atoms with van der Waals surface area (Å²) in [4.78, 5) is 31.3. The number of rotatable bonds is 6. The lowest BCUT2D eigenvalue weighted by Gasteiger charge is -2.36.